The molecule has 11 heteroatoms. The third-order valence-corrected chi connectivity index (χ3v) is 6.61. The number of amides is 2. The number of hydrogen-bond acceptors (Lipinski definition) is 8. The average molecular weight is 492 g/mol. The first-order chi connectivity index (χ1) is 16.7. The van der Waals surface area contributed by atoms with Gasteiger partial charge >= 0.3 is 12.0 Å². The molecule has 3 heterocycles. The molecule has 5 N–H and O–H groups in total. The molecule has 35 heavy (non-hydrogen) atoms. The van der Waals surface area contributed by atoms with Crippen LogP contribution in [0.5, 0.6) is 0 Å². The Bertz CT molecular complexity index is 1370. The largest absolute Gasteiger partial charge is 0.480 e. The number of thiazole rings is 1. The topological polar surface area (TPSA) is 156 Å². The van der Waals surface area contributed by atoms with Gasteiger partial charge in [0.15, 0.2) is 5.13 Å². The van der Waals surface area contributed by atoms with Crippen molar-refractivity contribution in [3.63, 3.8) is 0 Å². The number of aromatic nitrogens is 4. The van der Waals surface area contributed by atoms with Gasteiger partial charge in [-0.2, -0.15) is 0 Å². The normalized spacial score (nSPS) is 12.3. The molecule has 0 saturated heterocycles. The molecule has 180 valence electrons. The van der Waals surface area contributed by atoms with Crippen LogP contribution in [0.15, 0.2) is 48.9 Å². The second kappa shape index (κ2) is 9.72. The smallest absolute Gasteiger partial charge is 0.321 e. The summed E-state index contributed by atoms with van der Waals surface area (Å²) in [7, 11) is 0. The van der Waals surface area contributed by atoms with E-state index in [1.54, 1.807) is 32.4 Å². The van der Waals surface area contributed by atoms with Gasteiger partial charge in [-0.25, -0.2) is 19.7 Å². The number of pyridine rings is 1. The number of nitrogens with two attached hydrogens (primary N) is 1. The Balaban J connectivity index is 1.78. The molecule has 3 aromatic heterocycles. The van der Waals surface area contributed by atoms with E-state index in [1.165, 1.54) is 11.3 Å². The lowest BCUT2D eigenvalue weighted by molar-refractivity contribution is -0.140. The van der Waals surface area contributed by atoms with E-state index in [0.29, 0.717) is 23.0 Å². The predicted octanol–water partition coefficient (Wildman–Crippen LogP) is 3.65. The number of nitrogens with zero attached hydrogens (tertiary/aromatic N) is 4. The van der Waals surface area contributed by atoms with Crippen molar-refractivity contribution < 1.29 is 14.7 Å². The lowest BCUT2D eigenvalue weighted by Gasteiger charge is -2.26. The molecule has 10 nitrogen and oxygen atoms in total. The number of anilines is 1. The van der Waals surface area contributed by atoms with E-state index < -0.39 is 17.4 Å². The van der Waals surface area contributed by atoms with Gasteiger partial charge in [-0.05, 0) is 36.8 Å². The van der Waals surface area contributed by atoms with Crippen molar-refractivity contribution in [3.8, 4) is 22.4 Å². The van der Waals surface area contributed by atoms with E-state index in [4.69, 9.17) is 5.73 Å². The van der Waals surface area contributed by atoms with Gasteiger partial charge in [0.05, 0.1) is 21.3 Å². The van der Waals surface area contributed by atoms with Crippen molar-refractivity contribution in [2.45, 2.75) is 32.2 Å². The molecule has 0 aliphatic rings. The number of carbonyl (C=O) groups excluding carboxylic acids is 1. The van der Waals surface area contributed by atoms with Crippen molar-refractivity contribution in [1.82, 2.24) is 25.3 Å². The summed E-state index contributed by atoms with van der Waals surface area (Å²) in [5.41, 5.74) is 8.73. The zero-order valence-corrected chi connectivity index (χ0v) is 20.3. The lowest BCUT2D eigenvalue weighted by atomic mass is 9.84. The number of urea groups is 1. The second-order valence-corrected chi connectivity index (χ2v) is 9.42. The van der Waals surface area contributed by atoms with Crippen LogP contribution in [0.1, 0.15) is 26.6 Å². The zero-order chi connectivity index (χ0) is 25.2. The minimum absolute atomic E-state index is 0.322. The molecule has 0 radical (unpaired) electrons. The van der Waals surface area contributed by atoms with Crippen molar-refractivity contribution in [2.24, 2.45) is 5.73 Å². The van der Waals surface area contributed by atoms with Crippen LogP contribution in [-0.2, 0) is 10.2 Å². The van der Waals surface area contributed by atoms with Gasteiger partial charge in [0.25, 0.3) is 0 Å². The Labute approximate surface area is 205 Å². The standard InChI is InChI=1S/C24H25N7O3S/c1-4-26-22(34)31-23-30-17-10-13(9-15(18(17)35-23)16-7-5-6-8-27-16)14-11-28-21(29-12-14)24(2,3)19(25)20(32)33/h5-12,19H,4,25H2,1-3H3,(H,32,33)(H2,26,30,31,34). The first-order valence-electron chi connectivity index (χ1n) is 10.9. The van der Waals surface area contributed by atoms with Crippen LogP contribution < -0.4 is 16.4 Å². The van der Waals surface area contributed by atoms with Gasteiger partial charge in [0.1, 0.15) is 11.9 Å². The van der Waals surface area contributed by atoms with Crippen LogP contribution in [-0.4, -0.2) is 49.6 Å². The highest BCUT2D eigenvalue weighted by Crippen LogP contribution is 2.38. The third-order valence-electron chi connectivity index (χ3n) is 5.59. The third kappa shape index (κ3) is 4.96. The van der Waals surface area contributed by atoms with Gasteiger partial charge in [-0.1, -0.05) is 31.3 Å². The summed E-state index contributed by atoms with van der Waals surface area (Å²) < 4.78 is 0.880. The summed E-state index contributed by atoms with van der Waals surface area (Å²) >= 11 is 1.36. The molecule has 4 rings (SSSR count). The van der Waals surface area contributed by atoms with Crippen LogP contribution >= 0.6 is 11.3 Å². The molecule has 0 bridgehead atoms. The minimum Gasteiger partial charge on any atom is -0.480 e. The van der Waals surface area contributed by atoms with E-state index in [1.807, 2.05) is 37.3 Å². The maximum Gasteiger partial charge on any atom is 0.321 e. The summed E-state index contributed by atoms with van der Waals surface area (Å²) in [6, 6.07) is 8.06. The van der Waals surface area contributed by atoms with Gasteiger partial charge in [0, 0.05) is 36.3 Å². The van der Waals surface area contributed by atoms with Crippen molar-refractivity contribution in [3.05, 3.63) is 54.7 Å². The first-order valence-corrected chi connectivity index (χ1v) is 11.7. The Hall–Kier alpha value is -3.96. The van der Waals surface area contributed by atoms with Crippen LogP contribution in [0.2, 0.25) is 0 Å². The molecule has 0 aliphatic carbocycles. The van der Waals surface area contributed by atoms with Crippen molar-refractivity contribution in [1.29, 1.82) is 0 Å². The van der Waals surface area contributed by atoms with E-state index in [-0.39, 0.29) is 6.03 Å². The fourth-order valence-corrected chi connectivity index (χ4v) is 4.49. The Morgan fingerprint density at radius 3 is 2.51 bits per heavy atom. The highest BCUT2D eigenvalue weighted by molar-refractivity contribution is 7.22. The van der Waals surface area contributed by atoms with Crippen LogP contribution in [0, 0.1) is 0 Å². The monoisotopic (exact) mass is 491 g/mol. The molecule has 0 fully saturated rings. The first kappa shape index (κ1) is 24.2. The Morgan fingerprint density at radius 1 is 1.14 bits per heavy atom. The molecule has 1 unspecified atom stereocenters. The summed E-state index contributed by atoms with van der Waals surface area (Å²) in [4.78, 5) is 41.3. The molecule has 1 atom stereocenters. The van der Waals surface area contributed by atoms with E-state index >= 15 is 0 Å². The molecule has 1 aromatic carbocycles. The van der Waals surface area contributed by atoms with Gasteiger partial charge in [-0.15, -0.1) is 0 Å². The molecule has 4 aromatic rings. The summed E-state index contributed by atoms with van der Waals surface area (Å²) in [6.07, 6.45) is 5.00. The number of benzene rings is 1. The number of aliphatic carboxylic acids is 1. The predicted molar refractivity (Wildman–Crippen MR) is 135 cm³/mol. The second-order valence-electron chi connectivity index (χ2n) is 8.42. The van der Waals surface area contributed by atoms with E-state index in [0.717, 1.165) is 27.1 Å². The number of fused-ring (bicyclic) bond motifs is 1. The lowest BCUT2D eigenvalue weighted by Crippen LogP contribution is -2.47. The molecule has 0 spiro atoms. The Morgan fingerprint density at radius 2 is 1.89 bits per heavy atom. The van der Waals surface area contributed by atoms with Crippen LogP contribution in [0.25, 0.3) is 32.6 Å². The Kier molecular flexibility index (Phi) is 6.72. The van der Waals surface area contributed by atoms with Crippen LogP contribution in [0.4, 0.5) is 9.93 Å². The quantitative estimate of drug-likeness (QED) is 0.305. The molecule has 2 amide bonds. The molecular weight excluding hydrogens is 466 g/mol. The number of carboxylic acid groups (broad SMARTS) is 1. The van der Waals surface area contributed by atoms with E-state index in [2.05, 4.69) is 30.6 Å². The number of rotatable bonds is 7. The number of hydrogen-bond donors (Lipinski definition) is 4. The fraction of sp³-hybridized carbons (Fsp3) is 0.250. The SMILES string of the molecule is CCNC(=O)Nc1nc2cc(-c3cnc(C(C)(C)C(N)C(=O)O)nc3)cc(-c3ccccn3)c2s1. The molecule has 0 aliphatic heterocycles. The zero-order valence-electron chi connectivity index (χ0n) is 19.4. The van der Waals surface area contributed by atoms with Crippen molar-refractivity contribution in [2.75, 3.05) is 11.9 Å². The summed E-state index contributed by atoms with van der Waals surface area (Å²) in [5, 5.41) is 15.2. The number of carbonyl (C=O) groups is 2. The van der Waals surface area contributed by atoms with Crippen LogP contribution in [0.3, 0.4) is 0 Å². The fourth-order valence-electron chi connectivity index (χ4n) is 3.52. The van der Waals surface area contributed by atoms with Gasteiger partial charge in [-0.3, -0.25) is 15.1 Å². The van der Waals surface area contributed by atoms with Crippen molar-refractivity contribution >= 4 is 38.7 Å². The minimum atomic E-state index is -1.15. The highest BCUT2D eigenvalue weighted by Gasteiger charge is 2.36. The summed E-state index contributed by atoms with van der Waals surface area (Å²) in [5.74, 6) is -0.780. The van der Waals surface area contributed by atoms with Gasteiger partial charge in [0.2, 0.25) is 0 Å². The summed E-state index contributed by atoms with van der Waals surface area (Å²) in [6.45, 7) is 5.74. The highest BCUT2D eigenvalue weighted by atomic mass is 32.1. The number of carboxylic acids is 1. The maximum atomic E-state index is 12.0. The maximum absolute atomic E-state index is 12.0. The average Bonchev–Trinajstić information content (AvgIpc) is 3.25. The molecule has 0 saturated carbocycles. The molecular formula is C24H25N7O3S. The van der Waals surface area contributed by atoms with E-state index in [9.17, 15) is 14.7 Å². The van der Waals surface area contributed by atoms with Gasteiger partial charge < -0.3 is 16.2 Å². The number of nitrogens with one attached hydrogen (secondary N) is 2.